The Hall–Kier alpha value is -1.75. The van der Waals surface area contributed by atoms with E-state index in [0.717, 1.165) is 5.56 Å². The zero-order valence-corrected chi connectivity index (χ0v) is 19.3. The second-order valence-electron chi connectivity index (χ2n) is 8.88. The quantitative estimate of drug-likeness (QED) is 0.203. The van der Waals surface area contributed by atoms with Crippen molar-refractivity contribution in [2.75, 3.05) is 19.8 Å². The van der Waals surface area contributed by atoms with E-state index >= 15 is 0 Å². The van der Waals surface area contributed by atoms with Crippen LogP contribution in [0.4, 0.5) is 0 Å². The molecule has 13 heteroatoms. The van der Waals surface area contributed by atoms with Crippen molar-refractivity contribution in [3.63, 3.8) is 0 Å². The van der Waals surface area contributed by atoms with Crippen molar-refractivity contribution in [1.29, 1.82) is 0 Å². The van der Waals surface area contributed by atoms with Crippen LogP contribution in [0.5, 0.6) is 0 Å². The molecule has 0 bridgehead atoms. The first-order chi connectivity index (χ1) is 17.3. The van der Waals surface area contributed by atoms with Crippen molar-refractivity contribution < 1.29 is 63.9 Å². The van der Waals surface area contributed by atoms with Crippen LogP contribution in [0.15, 0.2) is 30.3 Å². The lowest BCUT2D eigenvalue weighted by Crippen LogP contribution is -2.65. The zero-order chi connectivity index (χ0) is 25.8. The number of fused-ring (bicyclic) bond motifs is 1. The molecule has 3 fully saturated rings. The van der Waals surface area contributed by atoms with Gasteiger partial charge in [-0.3, -0.25) is 4.79 Å². The third-order valence-electron chi connectivity index (χ3n) is 6.33. The summed E-state index contributed by atoms with van der Waals surface area (Å²) in [7, 11) is 0. The van der Waals surface area contributed by atoms with Crippen LogP contribution in [0.2, 0.25) is 0 Å². The number of ether oxygens (including phenoxy) is 6. The Balaban J connectivity index is 1.36. The molecule has 0 aliphatic carbocycles. The van der Waals surface area contributed by atoms with Gasteiger partial charge in [0.05, 0.1) is 19.8 Å². The Kier molecular flexibility index (Phi) is 9.24. The highest BCUT2D eigenvalue weighted by Gasteiger charge is 2.53. The lowest BCUT2D eigenvalue weighted by Gasteiger charge is -2.48. The highest BCUT2D eigenvalue weighted by atomic mass is 16.8. The molecule has 5 unspecified atom stereocenters. The molecule has 3 saturated heterocycles. The number of rotatable bonds is 9. The van der Waals surface area contributed by atoms with Gasteiger partial charge in [0, 0.05) is 12.0 Å². The predicted molar refractivity (Wildman–Crippen MR) is 116 cm³/mol. The molecule has 6 N–H and O–H groups in total. The molecule has 1 aromatic carbocycles. The maximum atomic E-state index is 10.7. The number of benzene rings is 1. The largest absolute Gasteiger partial charge is 0.481 e. The van der Waals surface area contributed by atoms with Crippen molar-refractivity contribution in [3.8, 4) is 0 Å². The number of hydrogen-bond acceptors (Lipinski definition) is 12. The van der Waals surface area contributed by atoms with Gasteiger partial charge in [-0.1, -0.05) is 30.3 Å². The summed E-state index contributed by atoms with van der Waals surface area (Å²) >= 11 is 0. The first-order valence-electron chi connectivity index (χ1n) is 11.7. The van der Waals surface area contributed by atoms with Crippen molar-refractivity contribution in [3.05, 3.63) is 35.9 Å². The van der Waals surface area contributed by atoms with E-state index in [9.17, 15) is 30.3 Å². The molecule has 13 nitrogen and oxygen atoms in total. The molecule has 36 heavy (non-hydrogen) atoms. The van der Waals surface area contributed by atoms with Crippen LogP contribution in [0.3, 0.4) is 0 Å². The SMILES string of the molecule is O=C(O)CCCO[C@@H]1OC(CO)[C@H](O[C@@H]2OC3COC(c4ccccc4)O[C@@H]3[C@H](O)C2O)[C@H](O)C1O. The second-order valence-corrected chi connectivity index (χ2v) is 8.88. The fourth-order valence-electron chi connectivity index (χ4n) is 4.41. The molecule has 3 heterocycles. The standard InChI is InChI=1S/C23H32O13/c24-9-12-19(15(27)17(29)22(33-12)31-8-4-7-14(25)26)36-23-18(30)16(28)20-13(34-23)10-32-21(35-20)11-5-2-1-3-6-11/h1-3,5-6,12-13,15-24,27-30H,4,7-10H2,(H,25,26)/t12?,13?,15-,16-,17?,18?,19+,20+,21?,22-,23+/m1/s1. The van der Waals surface area contributed by atoms with E-state index in [1.165, 1.54) is 0 Å². The van der Waals surface area contributed by atoms with Gasteiger partial charge in [0.15, 0.2) is 18.9 Å². The van der Waals surface area contributed by atoms with Crippen LogP contribution in [0.25, 0.3) is 0 Å². The molecule has 4 rings (SSSR count). The van der Waals surface area contributed by atoms with Crippen molar-refractivity contribution in [2.45, 2.75) is 80.5 Å². The minimum Gasteiger partial charge on any atom is -0.481 e. The van der Waals surface area contributed by atoms with Crippen LogP contribution >= 0.6 is 0 Å². The highest BCUT2D eigenvalue weighted by Crippen LogP contribution is 2.36. The molecule has 0 saturated carbocycles. The number of aliphatic hydroxyl groups is 5. The molecule has 0 amide bonds. The van der Waals surface area contributed by atoms with Crippen molar-refractivity contribution >= 4 is 5.97 Å². The van der Waals surface area contributed by atoms with E-state index in [0.29, 0.717) is 0 Å². The van der Waals surface area contributed by atoms with Crippen LogP contribution in [-0.2, 0) is 33.2 Å². The van der Waals surface area contributed by atoms with Crippen LogP contribution in [0.1, 0.15) is 24.7 Å². The number of carbonyl (C=O) groups is 1. The molecule has 0 radical (unpaired) electrons. The lowest BCUT2D eigenvalue weighted by molar-refractivity contribution is -0.385. The Morgan fingerprint density at radius 1 is 0.944 bits per heavy atom. The summed E-state index contributed by atoms with van der Waals surface area (Å²) in [5.74, 6) is -1.01. The van der Waals surface area contributed by atoms with Gasteiger partial charge >= 0.3 is 5.97 Å². The monoisotopic (exact) mass is 516 g/mol. The van der Waals surface area contributed by atoms with Crippen molar-refractivity contribution in [2.24, 2.45) is 0 Å². The topological polar surface area (TPSA) is 194 Å². The average molecular weight is 516 g/mol. The van der Waals surface area contributed by atoms with Gasteiger partial charge in [-0.25, -0.2) is 0 Å². The Morgan fingerprint density at radius 3 is 2.36 bits per heavy atom. The lowest BCUT2D eigenvalue weighted by atomic mass is 9.96. The van der Waals surface area contributed by atoms with Crippen LogP contribution in [0, 0.1) is 0 Å². The Bertz CT molecular complexity index is 837. The first-order valence-corrected chi connectivity index (χ1v) is 11.7. The normalized spacial score (nSPS) is 41.0. The summed E-state index contributed by atoms with van der Waals surface area (Å²) in [5, 5.41) is 61.0. The first kappa shape index (κ1) is 27.3. The van der Waals surface area contributed by atoms with E-state index < -0.39 is 80.3 Å². The van der Waals surface area contributed by atoms with E-state index in [4.69, 9.17) is 33.5 Å². The number of carboxylic acid groups (broad SMARTS) is 1. The predicted octanol–water partition coefficient (Wildman–Crippen LogP) is -1.75. The highest BCUT2D eigenvalue weighted by molar-refractivity contribution is 5.66. The average Bonchev–Trinajstić information content (AvgIpc) is 2.88. The molecular formula is C23H32O13. The Labute approximate surface area is 206 Å². The number of aliphatic carboxylic acids is 1. The summed E-state index contributed by atoms with van der Waals surface area (Å²) in [6.07, 6.45) is -14.1. The molecular weight excluding hydrogens is 484 g/mol. The third-order valence-corrected chi connectivity index (χ3v) is 6.33. The van der Waals surface area contributed by atoms with Gasteiger partial charge in [0.25, 0.3) is 0 Å². The van der Waals surface area contributed by atoms with Gasteiger partial charge < -0.3 is 59.1 Å². The summed E-state index contributed by atoms with van der Waals surface area (Å²) in [4.78, 5) is 10.6. The van der Waals surface area contributed by atoms with Gasteiger partial charge in [-0.05, 0) is 6.42 Å². The molecule has 1 aromatic rings. The van der Waals surface area contributed by atoms with E-state index in [1.54, 1.807) is 12.1 Å². The third kappa shape index (κ3) is 6.03. The minimum absolute atomic E-state index is 0.0237. The van der Waals surface area contributed by atoms with Gasteiger partial charge in [-0.15, -0.1) is 0 Å². The number of aliphatic hydroxyl groups excluding tert-OH is 5. The minimum atomic E-state index is -1.62. The molecule has 0 aromatic heterocycles. The molecule has 3 aliphatic rings. The molecule has 11 atom stereocenters. The summed E-state index contributed by atoms with van der Waals surface area (Å²) in [6.45, 7) is -0.671. The fourth-order valence-corrected chi connectivity index (χ4v) is 4.41. The second kappa shape index (κ2) is 12.2. The zero-order valence-electron chi connectivity index (χ0n) is 19.3. The van der Waals surface area contributed by atoms with Gasteiger partial charge in [-0.2, -0.15) is 0 Å². The summed E-state index contributed by atoms with van der Waals surface area (Å²) in [5.41, 5.74) is 0.734. The van der Waals surface area contributed by atoms with E-state index in [-0.39, 0.29) is 26.1 Å². The van der Waals surface area contributed by atoms with E-state index in [1.807, 2.05) is 18.2 Å². The van der Waals surface area contributed by atoms with Crippen molar-refractivity contribution in [1.82, 2.24) is 0 Å². The van der Waals surface area contributed by atoms with Crippen LogP contribution in [-0.4, -0.2) is 118 Å². The summed E-state index contributed by atoms with van der Waals surface area (Å²) < 4.78 is 33.8. The fraction of sp³-hybridized carbons (Fsp3) is 0.696. The smallest absolute Gasteiger partial charge is 0.303 e. The maximum absolute atomic E-state index is 10.7. The molecule has 0 spiro atoms. The summed E-state index contributed by atoms with van der Waals surface area (Å²) in [6, 6.07) is 9.08. The molecule has 202 valence electrons. The molecule has 3 aliphatic heterocycles. The Morgan fingerprint density at radius 2 is 1.67 bits per heavy atom. The van der Waals surface area contributed by atoms with Gasteiger partial charge in [0.2, 0.25) is 0 Å². The maximum Gasteiger partial charge on any atom is 0.303 e. The van der Waals surface area contributed by atoms with E-state index in [2.05, 4.69) is 0 Å². The van der Waals surface area contributed by atoms with Gasteiger partial charge in [0.1, 0.15) is 48.8 Å². The number of hydrogen-bond donors (Lipinski definition) is 6. The van der Waals surface area contributed by atoms with Crippen LogP contribution < -0.4 is 0 Å². The number of carboxylic acids is 1.